The van der Waals surface area contributed by atoms with E-state index < -0.39 is 4.92 Å². The summed E-state index contributed by atoms with van der Waals surface area (Å²) in [5.41, 5.74) is 0. The number of anilines is 1. The average molecular weight is 231 g/mol. The maximum absolute atomic E-state index is 10.3. The lowest BCUT2D eigenvalue weighted by molar-refractivity contribution is -0.380. The molecular formula is C8H13N3O3S. The summed E-state index contributed by atoms with van der Waals surface area (Å²) in [7, 11) is 0. The van der Waals surface area contributed by atoms with Crippen molar-refractivity contribution in [3.63, 3.8) is 0 Å². The molecule has 6 nitrogen and oxygen atoms in total. The lowest BCUT2D eigenvalue weighted by Gasteiger charge is -2.00. The second kappa shape index (κ2) is 6.31. The highest BCUT2D eigenvalue weighted by Crippen LogP contribution is 2.24. The van der Waals surface area contributed by atoms with E-state index in [0.717, 1.165) is 37.1 Å². The van der Waals surface area contributed by atoms with E-state index in [-0.39, 0.29) is 11.6 Å². The predicted octanol–water partition coefficient (Wildman–Crippen LogP) is 1.63. The van der Waals surface area contributed by atoms with Crippen molar-refractivity contribution in [1.29, 1.82) is 0 Å². The van der Waals surface area contributed by atoms with Crippen LogP contribution in [0.5, 0.6) is 0 Å². The summed E-state index contributed by atoms with van der Waals surface area (Å²) in [6.45, 7) is 0.938. The standard InChI is InChI=1S/C8H13N3O3S/c12-5-3-1-2-4-9-8-10-6-7(15-8)11(13)14/h6,12H,1-5H2,(H,9,10). The number of nitrogens with zero attached hydrogens (tertiary/aromatic N) is 2. The second-order valence-corrected chi connectivity index (χ2v) is 3.98. The summed E-state index contributed by atoms with van der Waals surface area (Å²) in [6.07, 6.45) is 3.91. The highest BCUT2D eigenvalue weighted by Gasteiger charge is 2.10. The first-order valence-corrected chi connectivity index (χ1v) is 5.50. The zero-order chi connectivity index (χ0) is 11.1. The smallest absolute Gasteiger partial charge is 0.345 e. The summed E-state index contributed by atoms with van der Waals surface area (Å²) in [5, 5.41) is 22.5. The first-order chi connectivity index (χ1) is 7.24. The highest BCUT2D eigenvalue weighted by molar-refractivity contribution is 7.18. The zero-order valence-corrected chi connectivity index (χ0v) is 9.00. The molecule has 1 heterocycles. The summed E-state index contributed by atoms with van der Waals surface area (Å²) in [4.78, 5) is 13.8. The van der Waals surface area contributed by atoms with Crippen molar-refractivity contribution in [2.24, 2.45) is 0 Å². The van der Waals surface area contributed by atoms with E-state index in [0.29, 0.717) is 5.13 Å². The number of aromatic nitrogens is 1. The van der Waals surface area contributed by atoms with Crippen molar-refractivity contribution >= 4 is 21.5 Å². The van der Waals surface area contributed by atoms with E-state index in [1.807, 2.05) is 0 Å². The SMILES string of the molecule is O=[N+]([O-])c1cnc(NCCCCCO)s1. The summed E-state index contributed by atoms with van der Waals surface area (Å²) < 4.78 is 0. The van der Waals surface area contributed by atoms with E-state index in [9.17, 15) is 10.1 Å². The van der Waals surface area contributed by atoms with Gasteiger partial charge in [-0.1, -0.05) is 0 Å². The van der Waals surface area contributed by atoms with Gasteiger partial charge in [0.25, 0.3) is 0 Å². The quantitative estimate of drug-likeness (QED) is 0.423. The van der Waals surface area contributed by atoms with Gasteiger partial charge in [0, 0.05) is 13.2 Å². The first kappa shape index (κ1) is 11.9. The van der Waals surface area contributed by atoms with Gasteiger partial charge in [0.1, 0.15) is 6.20 Å². The Morgan fingerprint density at radius 2 is 2.33 bits per heavy atom. The van der Waals surface area contributed by atoms with Crippen LogP contribution in [0, 0.1) is 10.1 Å². The lowest BCUT2D eigenvalue weighted by atomic mass is 10.2. The van der Waals surface area contributed by atoms with Gasteiger partial charge in [0.2, 0.25) is 0 Å². The monoisotopic (exact) mass is 231 g/mol. The van der Waals surface area contributed by atoms with E-state index in [4.69, 9.17) is 5.11 Å². The number of thiazole rings is 1. The van der Waals surface area contributed by atoms with E-state index in [2.05, 4.69) is 10.3 Å². The largest absolute Gasteiger partial charge is 0.396 e. The second-order valence-electron chi connectivity index (χ2n) is 2.97. The average Bonchev–Trinajstić information content (AvgIpc) is 2.66. The lowest BCUT2D eigenvalue weighted by Crippen LogP contribution is -2.00. The van der Waals surface area contributed by atoms with Gasteiger partial charge in [-0.25, -0.2) is 4.98 Å². The van der Waals surface area contributed by atoms with E-state index in [1.54, 1.807) is 0 Å². The van der Waals surface area contributed by atoms with Gasteiger partial charge in [-0.05, 0) is 30.6 Å². The van der Waals surface area contributed by atoms with Crippen LogP contribution < -0.4 is 5.32 Å². The molecule has 0 unspecified atom stereocenters. The molecule has 0 radical (unpaired) electrons. The van der Waals surface area contributed by atoms with E-state index >= 15 is 0 Å². The number of hydrogen-bond acceptors (Lipinski definition) is 6. The molecule has 2 N–H and O–H groups in total. The fourth-order valence-electron chi connectivity index (χ4n) is 1.04. The van der Waals surface area contributed by atoms with Crippen molar-refractivity contribution < 1.29 is 10.0 Å². The summed E-state index contributed by atoms with van der Waals surface area (Å²) in [6, 6.07) is 0. The van der Waals surface area contributed by atoms with Gasteiger partial charge >= 0.3 is 5.00 Å². The fourth-order valence-corrected chi connectivity index (χ4v) is 1.70. The molecule has 84 valence electrons. The fraction of sp³-hybridized carbons (Fsp3) is 0.625. The van der Waals surface area contributed by atoms with Gasteiger partial charge in [-0.15, -0.1) is 0 Å². The first-order valence-electron chi connectivity index (χ1n) is 4.69. The number of aliphatic hydroxyl groups is 1. The van der Waals surface area contributed by atoms with Crippen LogP contribution in [0.2, 0.25) is 0 Å². The van der Waals surface area contributed by atoms with Crippen LogP contribution in [0.4, 0.5) is 10.1 Å². The normalized spacial score (nSPS) is 10.2. The number of hydrogen-bond donors (Lipinski definition) is 2. The number of rotatable bonds is 7. The number of unbranched alkanes of at least 4 members (excludes halogenated alkanes) is 2. The maximum Gasteiger partial charge on any atom is 0.345 e. The molecule has 0 saturated carbocycles. The molecule has 0 aliphatic heterocycles. The molecule has 1 aromatic heterocycles. The third-order valence-corrected chi connectivity index (χ3v) is 2.69. The zero-order valence-electron chi connectivity index (χ0n) is 8.18. The summed E-state index contributed by atoms with van der Waals surface area (Å²) in [5.74, 6) is 0. The minimum atomic E-state index is -0.450. The van der Waals surface area contributed by atoms with Gasteiger partial charge in [-0.3, -0.25) is 10.1 Å². The van der Waals surface area contributed by atoms with Crippen LogP contribution in [0.15, 0.2) is 6.20 Å². The molecule has 0 spiro atoms. The van der Waals surface area contributed by atoms with Crippen molar-refractivity contribution in [3.05, 3.63) is 16.3 Å². The van der Waals surface area contributed by atoms with Crippen molar-refractivity contribution in [3.8, 4) is 0 Å². The van der Waals surface area contributed by atoms with Crippen LogP contribution in [0.1, 0.15) is 19.3 Å². The Morgan fingerprint density at radius 3 is 2.93 bits per heavy atom. The topological polar surface area (TPSA) is 88.3 Å². The number of aliphatic hydroxyl groups excluding tert-OH is 1. The third kappa shape index (κ3) is 4.22. The third-order valence-electron chi connectivity index (χ3n) is 1.78. The Morgan fingerprint density at radius 1 is 1.53 bits per heavy atom. The molecule has 7 heteroatoms. The molecule has 0 atom stereocenters. The maximum atomic E-state index is 10.3. The Labute approximate surface area is 91.1 Å². The number of nitrogens with one attached hydrogen (secondary N) is 1. The Hall–Kier alpha value is -1.21. The van der Waals surface area contributed by atoms with Crippen LogP contribution in [0.3, 0.4) is 0 Å². The van der Waals surface area contributed by atoms with Crippen molar-refractivity contribution in [2.45, 2.75) is 19.3 Å². The van der Waals surface area contributed by atoms with Crippen LogP contribution >= 0.6 is 11.3 Å². The van der Waals surface area contributed by atoms with Crippen molar-refractivity contribution in [1.82, 2.24) is 4.98 Å². The molecule has 0 fully saturated rings. The minimum Gasteiger partial charge on any atom is -0.396 e. The Bertz CT molecular complexity index is 316. The van der Waals surface area contributed by atoms with Gasteiger partial charge in [0.05, 0.1) is 4.92 Å². The molecule has 15 heavy (non-hydrogen) atoms. The molecule has 0 bridgehead atoms. The Kier molecular flexibility index (Phi) is 4.99. The Balaban J connectivity index is 2.23. The van der Waals surface area contributed by atoms with Gasteiger partial charge in [0.15, 0.2) is 5.13 Å². The molecule has 0 aliphatic rings. The molecule has 0 saturated heterocycles. The van der Waals surface area contributed by atoms with Crippen molar-refractivity contribution in [2.75, 3.05) is 18.5 Å². The summed E-state index contributed by atoms with van der Waals surface area (Å²) >= 11 is 1.03. The van der Waals surface area contributed by atoms with Crippen LogP contribution in [-0.4, -0.2) is 28.2 Å². The molecular weight excluding hydrogens is 218 g/mol. The molecule has 1 rings (SSSR count). The van der Waals surface area contributed by atoms with Gasteiger partial charge < -0.3 is 10.4 Å². The number of nitro groups is 1. The van der Waals surface area contributed by atoms with Crippen LogP contribution in [0.25, 0.3) is 0 Å². The highest BCUT2D eigenvalue weighted by atomic mass is 32.1. The van der Waals surface area contributed by atoms with Gasteiger partial charge in [-0.2, -0.15) is 0 Å². The molecule has 0 amide bonds. The van der Waals surface area contributed by atoms with Crippen LogP contribution in [-0.2, 0) is 0 Å². The minimum absolute atomic E-state index is 0.0489. The predicted molar refractivity (Wildman–Crippen MR) is 58.2 cm³/mol. The molecule has 1 aromatic rings. The molecule has 0 aromatic carbocycles. The molecule has 0 aliphatic carbocycles. The van der Waals surface area contributed by atoms with E-state index in [1.165, 1.54) is 6.20 Å².